The van der Waals surface area contributed by atoms with Gasteiger partial charge in [-0.2, -0.15) is 0 Å². The average molecular weight is 675 g/mol. The lowest BCUT2D eigenvalue weighted by atomic mass is 9.87. The number of hydrogen-bond acceptors (Lipinski definition) is 9. The maximum Gasteiger partial charge on any atom is 0.319 e. The molecule has 0 radical (unpaired) electrons. The van der Waals surface area contributed by atoms with Gasteiger partial charge < -0.3 is 29.3 Å². The molecule has 2 aliphatic rings. The second-order valence-corrected chi connectivity index (χ2v) is 11.6. The lowest BCUT2D eigenvalue weighted by Crippen LogP contribution is -2.74. The molecule has 2 saturated heterocycles. The van der Waals surface area contributed by atoms with Gasteiger partial charge in [-0.05, 0) is 25.0 Å². The number of thioether (sulfide) groups is 1. The average Bonchev–Trinajstić information content (AvgIpc) is 3.05. The number of oxime groups is 1. The Labute approximate surface area is 264 Å². The van der Waals surface area contributed by atoms with E-state index in [-0.39, 0.29) is 36.7 Å². The summed E-state index contributed by atoms with van der Waals surface area (Å²) >= 11 is 4.74. The second-order valence-electron chi connectivity index (χ2n) is 9.96. The standard InChI is InChI=1S/C31H36BrN3O7S/c1-5-30(29(38)42-24(21-14-10-8-11-15-21)22-16-12-9-13-17-22)19-35-27(37)23(28(35)43-20-30)33-26(36)25(34-39-4)31(18-32,40-6-2)41-7-3/h5,8-17,23-24,28H,1,6-7,18-20H2,2-4H3,(H,33,36)/t23?,28-,30?/m1/s1. The molecular weight excluding hydrogens is 638 g/mol. The third kappa shape index (κ3) is 6.67. The predicted octanol–water partition coefficient (Wildman–Crippen LogP) is 4.06. The molecule has 0 bridgehead atoms. The fourth-order valence-electron chi connectivity index (χ4n) is 5.10. The largest absolute Gasteiger partial charge is 0.452 e. The van der Waals surface area contributed by atoms with Crippen molar-refractivity contribution in [1.29, 1.82) is 0 Å². The predicted molar refractivity (Wildman–Crippen MR) is 168 cm³/mol. The summed E-state index contributed by atoms with van der Waals surface area (Å²) in [7, 11) is 1.31. The van der Waals surface area contributed by atoms with Gasteiger partial charge in [0, 0.05) is 25.5 Å². The Morgan fingerprint density at radius 2 is 1.72 bits per heavy atom. The molecule has 230 valence electrons. The Balaban J connectivity index is 1.49. The van der Waals surface area contributed by atoms with Crippen LogP contribution in [0.25, 0.3) is 0 Å². The molecule has 3 atom stereocenters. The van der Waals surface area contributed by atoms with Crippen LogP contribution in [0, 0.1) is 5.41 Å². The van der Waals surface area contributed by atoms with E-state index in [1.165, 1.54) is 18.9 Å². The molecule has 2 heterocycles. The van der Waals surface area contributed by atoms with Crippen molar-refractivity contribution in [2.75, 3.05) is 38.0 Å². The van der Waals surface area contributed by atoms with E-state index in [9.17, 15) is 14.4 Å². The number of nitrogens with one attached hydrogen (secondary N) is 1. The summed E-state index contributed by atoms with van der Waals surface area (Å²) in [5.41, 5.74) is 0.375. The molecule has 12 heteroatoms. The van der Waals surface area contributed by atoms with Crippen molar-refractivity contribution in [3.05, 3.63) is 84.4 Å². The summed E-state index contributed by atoms with van der Waals surface area (Å²) in [5.74, 6) is -2.66. The van der Waals surface area contributed by atoms with E-state index in [1.807, 2.05) is 60.7 Å². The minimum atomic E-state index is -1.51. The van der Waals surface area contributed by atoms with Crippen LogP contribution in [0.5, 0.6) is 0 Å². The molecular formula is C31H36BrN3O7S. The van der Waals surface area contributed by atoms with Crippen molar-refractivity contribution in [2.45, 2.75) is 37.2 Å². The summed E-state index contributed by atoms with van der Waals surface area (Å²) in [5, 5.41) is 6.39. The highest BCUT2D eigenvalue weighted by atomic mass is 79.9. The van der Waals surface area contributed by atoms with Crippen molar-refractivity contribution in [1.82, 2.24) is 10.2 Å². The zero-order valence-corrected chi connectivity index (χ0v) is 26.8. The van der Waals surface area contributed by atoms with Gasteiger partial charge in [0.2, 0.25) is 17.4 Å². The summed E-state index contributed by atoms with van der Waals surface area (Å²) in [6, 6.07) is 18.2. The van der Waals surface area contributed by atoms with E-state index in [4.69, 9.17) is 19.0 Å². The van der Waals surface area contributed by atoms with Crippen molar-refractivity contribution in [3.63, 3.8) is 0 Å². The SMILES string of the molecule is C=CC1(C(=O)OC(c2ccccc2)c2ccccc2)CS[C@@H]2C(NC(=O)C(=NOC)C(CBr)(OCC)OCC)C(=O)N2C1. The number of esters is 1. The minimum Gasteiger partial charge on any atom is -0.452 e. The highest BCUT2D eigenvalue weighted by Crippen LogP contribution is 2.44. The molecule has 2 aliphatic heterocycles. The lowest BCUT2D eigenvalue weighted by molar-refractivity contribution is -0.171. The van der Waals surface area contributed by atoms with Crippen molar-refractivity contribution in [3.8, 4) is 0 Å². The number of nitrogens with zero attached hydrogens (tertiary/aromatic N) is 2. The van der Waals surface area contributed by atoms with E-state index in [2.05, 4.69) is 33.0 Å². The van der Waals surface area contributed by atoms with E-state index >= 15 is 0 Å². The zero-order valence-electron chi connectivity index (χ0n) is 24.4. The number of fused-ring (bicyclic) bond motifs is 1. The number of carbonyl (C=O) groups excluding carboxylic acids is 3. The number of ether oxygens (including phenoxy) is 3. The molecule has 2 aromatic rings. The second kappa shape index (κ2) is 14.5. The van der Waals surface area contributed by atoms with E-state index in [0.717, 1.165) is 11.1 Å². The van der Waals surface area contributed by atoms with Crippen LogP contribution < -0.4 is 5.32 Å². The molecule has 2 unspecified atom stereocenters. The first kappa shape index (κ1) is 32.7. The quantitative estimate of drug-likeness (QED) is 0.0608. The zero-order chi connectivity index (χ0) is 31.0. The van der Waals surface area contributed by atoms with Gasteiger partial charge in [-0.1, -0.05) is 87.8 Å². The molecule has 0 aliphatic carbocycles. The number of amides is 2. The topological polar surface area (TPSA) is 116 Å². The lowest BCUT2D eigenvalue weighted by Gasteiger charge is -2.53. The van der Waals surface area contributed by atoms with Crippen LogP contribution in [0.4, 0.5) is 0 Å². The summed E-state index contributed by atoms with van der Waals surface area (Å²) in [6.07, 6.45) is 0.931. The van der Waals surface area contributed by atoms with Crippen LogP contribution in [0.15, 0.2) is 78.5 Å². The maximum absolute atomic E-state index is 13.8. The number of carbonyl (C=O) groups is 3. The Morgan fingerprint density at radius 1 is 1.14 bits per heavy atom. The Morgan fingerprint density at radius 3 is 2.21 bits per heavy atom. The Bertz CT molecular complexity index is 1280. The maximum atomic E-state index is 13.8. The number of β-lactam (4-membered cyclic amide) rings is 1. The van der Waals surface area contributed by atoms with Crippen LogP contribution in [0.1, 0.15) is 31.1 Å². The van der Waals surface area contributed by atoms with E-state index < -0.39 is 40.6 Å². The number of halogens is 1. The first-order valence-corrected chi connectivity index (χ1v) is 16.1. The molecule has 0 spiro atoms. The van der Waals surface area contributed by atoms with Crippen molar-refractivity contribution < 1.29 is 33.4 Å². The fraction of sp³-hybridized carbons (Fsp3) is 0.419. The third-order valence-corrected chi connectivity index (χ3v) is 9.60. The highest BCUT2D eigenvalue weighted by molar-refractivity contribution is 9.09. The fourth-order valence-corrected chi connectivity index (χ4v) is 7.22. The molecule has 2 fully saturated rings. The number of benzene rings is 2. The van der Waals surface area contributed by atoms with Gasteiger partial charge in [0.1, 0.15) is 23.9 Å². The van der Waals surface area contributed by atoms with Gasteiger partial charge in [-0.25, -0.2) is 0 Å². The monoisotopic (exact) mass is 673 g/mol. The van der Waals surface area contributed by atoms with Crippen LogP contribution in [0.2, 0.25) is 0 Å². The van der Waals surface area contributed by atoms with Crippen molar-refractivity contribution >= 4 is 51.2 Å². The Hall–Kier alpha value is -3.19. The van der Waals surface area contributed by atoms with Crippen LogP contribution in [0.3, 0.4) is 0 Å². The number of hydrogen-bond donors (Lipinski definition) is 1. The van der Waals surface area contributed by atoms with Gasteiger partial charge >= 0.3 is 5.97 Å². The smallest absolute Gasteiger partial charge is 0.319 e. The highest BCUT2D eigenvalue weighted by Gasteiger charge is 2.58. The number of alkyl halides is 1. The molecule has 1 N–H and O–H groups in total. The van der Waals surface area contributed by atoms with Crippen molar-refractivity contribution in [2.24, 2.45) is 10.6 Å². The summed E-state index contributed by atoms with van der Waals surface area (Å²) < 4.78 is 17.7. The normalized spacial score (nSPS) is 21.9. The summed E-state index contributed by atoms with van der Waals surface area (Å²) in [4.78, 5) is 47.1. The van der Waals surface area contributed by atoms with Gasteiger partial charge in [0.15, 0.2) is 6.10 Å². The molecule has 4 rings (SSSR count). The molecule has 2 aromatic carbocycles. The van der Waals surface area contributed by atoms with Crippen LogP contribution in [-0.4, -0.2) is 83.5 Å². The van der Waals surface area contributed by atoms with Gasteiger partial charge in [-0.3, -0.25) is 14.4 Å². The van der Waals surface area contributed by atoms with E-state index in [1.54, 1.807) is 24.8 Å². The third-order valence-electron chi connectivity index (χ3n) is 7.31. The minimum absolute atomic E-state index is 0.0801. The molecule has 10 nitrogen and oxygen atoms in total. The van der Waals surface area contributed by atoms with E-state index in [0.29, 0.717) is 5.75 Å². The molecule has 0 saturated carbocycles. The van der Waals surface area contributed by atoms with Crippen LogP contribution in [-0.2, 0) is 33.4 Å². The first-order chi connectivity index (χ1) is 20.8. The van der Waals surface area contributed by atoms with Crippen LogP contribution >= 0.6 is 27.7 Å². The van der Waals surface area contributed by atoms with Gasteiger partial charge in [0.25, 0.3) is 5.91 Å². The first-order valence-electron chi connectivity index (χ1n) is 13.9. The summed E-state index contributed by atoms with van der Waals surface area (Å²) in [6.45, 7) is 8.04. The number of rotatable bonds is 14. The van der Waals surface area contributed by atoms with Gasteiger partial charge in [-0.15, -0.1) is 18.3 Å². The Kier molecular flexibility index (Phi) is 11.0. The van der Waals surface area contributed by atoms with Gasteiger partial charge in [0.05, 0.1) is 5.33 Å². The molecule has 0 aromatic heterocycles. The molecule has 2 amide bonds. The molecule has 43 heavy (non-hydrogen) atoms.